The third-order valence-corrected chi connectivity index (χ3v) is 16.3. The lowest BCUT2D eigenvalue weighted by Crippen LogP contribution is -2.45. The Hall–Kier alpha value is -1.04. The molecule has 380 valence electrons. The Bertz CT molecular complexity index is 1280. The summed E-state index contributed by atoms with van der Waals surface area (Å²) in [5.41, 5.74) is -0.831. The number of aliphatic hydroxyl groups is 1. The molecule has 2 rings (SSSR count). The van der Waals surface area contributed by atoms with E-state index in [1.54, 1.807) is 43.2 Å². The van der Waals surface area contributed by atoms with Crippen LogP contribution in [-0.2, 0) is 38.1 Å². The SMILES string of the molecule is CN1CCN(CCCNCCC(=O)OCCSSCC(C)(C)COC(=O)CCN(CCCCO)CCC(=O)OCCSSCC(C)(C)OC(=O)CCNCCCN2CCN(C)CC2)CC1. The average Bonchev–Trinajstić information content (AvgIpc) is 3.26. The Labute approximate surface area is 408 Å². The summed E-state index contributed by atoms with van der Waals surface area (Å²) in [6.45, 7) is 24.8. The van der Waals surface area contributed by atoms with E-state index in [-0.39, 0.29) is 55.3 Å². The third-order valence-electron chi connectivity index (χ3n) is 10.9. The van der Waals surface area contributed by atoms with Crippen LogP contribution in [0.15, 0.2) is 0 Å². The van der Waals surface area contributed by atoms with Gasteiger partial charge in [-0.15, -0.1) is 0 Å². The monoisotopic (exact) mass is 998 g/mol. The van der Waals surface area contributed by atoms with Crippen LogP contribution in [0.3, 0.4) is 0 Å². The van der Waals surface area contributed by atoms with E-state index in [1.165, 1.54) is 0 Å². The third kappa shape index (κ3) is 34.0. The van der Waals surface area contributed by atoms with Crippen molar-refractivity contribution in [1.29, 1.82) is 0 Å². The number of nitrogens with one attached hydrogen (secondary N) is 2. The van der Waals surface area contributed by atoms with E-state index in [0.717, 1.165) is 104 Å². The molecule has 0 unspecified atom stereocenters. The van der Waals surface area contributed by atoms with Gasteiger partial charge in [-0.2, -0.15) is 0 Å². The molecule has 0 aromatic rings. The van der Waals surface area contributed by atoms with Gasteiger partial charge >= 0.3 is 23.9 Å². The number of hydrogen-bond donors (Lipinski definition) is 3. The smallest absolute Gasteiger partial charge is 0.307 e. The molecule has 2 aliphatic heterocycles. The van der Waals surface area contributed by atoms with E-state index in [9.17, 15) is 24.3 Å². The van der Waals surface area contributed by atoms with Crippen molar-refractivity contribution >= 4 is 67.1 Å². The molecule has 0 radical (unpaired) electrons. The predicted molar refractivity (Wildman–Crippen MR) is 271 cm³/mol. The van der Waals surface area contributed by atoms with Crippen molar-refractivity contribution in [3.63, 3.8) is 0 Å². The van der Waals surface area contributed by atoms with Crippen molar-refractivity contribution in [2.45, 2.75) is 84.7 Å². The van der Waals surface area contributed by atoms with E-state index in [4.69, 9.17) is 18.9 Å². The van der Waals surface area contributed by atoms with Crippen molar-refractivity contribution in [2.75, 3.05) is 175 Å². The molecule has 0 aromatic heterocycles. The first kappa shape index (κ1) is 60.1. The minimum Gasteiger partial charge on any atom is -0.465 e. The average molecular weight is 998 g/mol. The van der Waals surface area contributed by atoms with Crippen LogP contribution in [0.1, 0.15) is 79.1 Å². The zero-order valence-corrected chi connectivity index (χ0v) is 44.2. The van der Waals surface area contributed by atoms with Crippen molar-refractivity contribution in [3.8, 4) is 0 Å². The van der Waals surface area contributed by atoms with Gasteiger partial charge in [-0.1, -0.05) is 57.0 Å². The number of rotatable bonds is 39. The number of nitrogens with zero attached hydrogens (tertiary/aromatic N) is 5. The summed E-state index contributed by atoms with van der Waals surface area (Å²) in [4.78, 5) is 61.6. The first-order valence-electron chi connectivity index (χ1n) is 23.9. The maximum absolute atomic E-state index is 12.7. The summed E-state index contributed by atoms with van der Waals surface area (Å²) in [7, 11) is 10.8. The van der Waals surface area contributed by atoms with Crippen LogP contribution >= 0.6 is 43.2 Å². The lowest BCUT2D eigenvalue weighted by atomic mass is 9.98. The fraction of sp³-hybridized carbons (Fsp3) is 0.911. The number of carbonyl (C=O) groups is 4. The van der Waals surface area contributed by atoms with Gasteiger partial charge in [0.2, 0.25) is 0 Å². The van der Waals surface area contributed by atoms with Crippen LogP contribution in [0.25, 0.3) is 0 Å². The van der Waals surface area contributed by atoms with E-state index < -0.39 is 5.60 Å². The molecule has 0 aromatic carbocycles. The first-order chi connectivity index (χ1) is 31.2. The fourth-order valence-corrected chi connectivity index (χ4v) is 11.6. The van der Waals surface area contributed by atoms with Gasteiger partial charge in [0.1, 0.15) is 18.8 Å². The van der Waals surface area contributed by atoms with Crippen molar-refractivity contribution in [3.05, 3.63) is 0 Å². The number of carbonyl (C=O) groups excluding carboxylic acids is 4. The quantitative estimate of drug-likeness (QED) is 0.0352. The molecule has 2 heterocycles. The Balaban J connectivity index is 1.47. The highest BCUT2D eigenvalue weighted by Crippen LogP contribution is 2.30. The second-order valence-electron chi connectivity index (χ2n) is 18.4. The van der Waals surface area contributed by atoms with Gasteiger partial charge < -0.3 is 59.2 Å². The largest absolute Gasteiger partial charge is 0.465 e. The van der Waals surface area contributed by atoms with Crippen LogP contribution in [-0.4, -0.2) is 234 Å². The Kier molecular flexibility index (Phi) is 34.1. The molecule has 0 bridgehead atoms. The summed E-state index contributed by atoms with van der Waals surface area (Å²) >= 11 is 0. The van der Waals surface area contributed by atoms with Crippen LogP contribution in [0, 0.1) is 5.41 Å². The number of piperazine rings is 2. The maximum Gasteiger partial charge on any atom is 0.307 e. The molecule has 2 aliphatic rings. The molecule has 16 nitrogen and oxygen atoms in total. The topological polar surface area (TPSA) is 166 Å². The van der Waals surface area contributed by atoms with E-state index in [2.05, 4.69) is 63.1 Å². The predicted octanol–water partition coefficient (Wildman–Crippen LogP) is 3.82. The minimum atomic E-state index is -0.601. The Morgan fingerprint density at radius 2 is 1.05 bits per heavy atom. The summed E-state index contributed by atoms with van der Waals surface area (Å²) in [6, 6.07) is 0. The second-order valence-corrected chi connectivity index (χ2v) is 23.6. The maximum atomic E-state index is 12.7. The van der Waals surface area contributed by atoms with Gasteiger partial charge in [0.25, 0.3) is 0 Å². The number of aliphatic hydroxyl groups excluding tert-OH is 1. The zero-order valence-electron chi connectivity index (χ0n) is 40.9. The van der Waals surface area contributed by atoms with Crippen molar-refractivity contribution in [2.24, 2.45) is 5.41 Å². The van der Waals surface area contributed by atoms with Gasteiger partial charge in [-0.3, -0.25) is 19.2 Å². The van der Waals surface area contributed by atoms with Gasteiger partial charge in [0, 0.05) is 114 Å². The fourth-order valence-electron chi connectivity index (χ4n) is 6.71. The molecule has 20 heteroatoms. The lowest BCUT2D eigenvalue weighted by molar-refractivity contribution is -0.154. The summed E-state index contributed by atoms with van der Waals surface area (Å²) < 4.78 is 22.2. The molecule has 65 heavy (non-hydrogen) atoms. The zero-order chi connectivity index (χ0) is 47.6. The van der Waals surface area contributed by atoms with Crippen LogP contribution in [0.4, 0.5) is 0 Å². The molecule has 0 spiro atoms. The van der Waals surface area contributed by atoms with Gasteiger partial charge in [0.05, 0.1) is 32.3 Å². The minimum absolute atomic E-state index is 0.0919. The number of hydrogen-bond acceptors (Lipinski definition) is 20. The normalized spacial score (nSPS) is 15.9. The highest BCUT2D eigenvalue weighted by Gasteiger charge is 2.24. The second kappa shape index (κ2) is 36.9. The van der Waals surface area contributed by atoms with Crippen LogP contribution < -0.4 is 10.6 Å². The number of ether oxygens (including phenoxy) is 4. The summed E-state index contributed by atoms with van der Waals surface area (Å²) in [5, 5.41) is 16.0. The molecule has 3 N–H and O–H groups in total. The van der Waals surface area contributed by atoms with Crippen molar-refractivity contribution < 1.29 is 43.2 Å². The van der Waals surface area contributed by atoms with Crippen molar-refractivity contribution in [1.82, 2.24) is 35.1 Å². The summed E-state index contributed by atoms with van der Waals surface area (Å²) in [6.07, 6.45) is 4.67. The molecule has 0 atom stereocenters. The van der Waals surface area contributed by atoms with Gasteiger partial charge in [-0.25, -0.2) is 0 Å². The van der Waals surface area contributed by atoms with Crippen LogP contribution in [0.5, 0.6) is 0 Å². The van der Waals surface area contributed by atoms with Gasteiger partial charge in [-0.05, 0) is 86.3 Å². The molecule has 0 amide bonds. The number of esters is 4. The Morgan fingerprint density at radius 3 is 1.57 bits per heavy atom. The first-order valence-corrected chi connectivity index (χ1v) is 28.9. The van der Waals surface area contributed by atoms with E-state index >= 15 is 0 Å². The molecule has 0 aliphatic carbocycles. The molecule has 0 saturated carbocycles. The highest BCUT2D eigenvalue weighted by atomic mass is 33.1. The molecule has 2 saturated heterocycles. The van der Waals surface area contributed by atoms with E-state index in [0.29, 0.717) is 82.5 Å². The highest BCUT2D eigenvalue weighted by molar-refractivity contribution is 8.77. The Morgan fingerprint density at radius 1 is 0.569 bits per heavy atom. The number of likely N-dealkylation sites (N-methyl/N-ethyl adjacent to an activating group) is 2. The van der Waals surface area contributed by atoms with Crippen LogP contribution in [0.2, 0.25) is 0 Å². The van der Waals surface area contributed by atoms with E-state index in [1.807, 2.05) is 13.8 Å². The molecule has 2 fully saturated rings. The standard InChI is InChI=1S/C45H87N7O9S4/c1-44(2,38-64-62-35-33-58-40(54)11-17-46-15-9-20-51-28-24-48(5)25-29-51)37-60-42(56)14-23-50(19-7-8-32-53)22-13-41(55)59-34-36-63-65-39-45(3,4)61-43(57)12-18-47-16-10-21-52-30-26-49(6)27-31-52/h46-47,53H,7-39H2,1-6H3. The summed E-state index contributed by atoms with van der Waals surface area (Å²) in [5.74, 6) is 1.74. The molecular weight excluding hydrogens is 911 g/mol. The van der Waals surface area contributed by atoms with Gasteiger partial charge in [0.15, 0.2) is 0 Å². The lowest BCUT2D eigenvalue weighted by Gasteiger charge is -2.32. The number of unbranched alkanes of at least 4 members (excludes halogenated alkanes) is 1. The molecular formula is C45H87N7O9S4.